The second kappa shape index (κ2) is 9.89. The van der Waals surface area contributed by atoms with Gasteiger partial charge in [-0.15, -0.1) is 0 Å². The zero-order valence-electron chi connectivity index (χ0n) is 19.9. The lowest BCUT2D eigenvalue weighted by atomic mass is 10.0. The van der Waals surface area contributed by atoms with Gasteiger partial charge in [0.2, 0.25) is 0 Å². The Hall–Kier alpha value is -5.46. The molecule has 3 amide bonds. The summed E-state index contributed by atoms with van der Waals surface area (Å²) in [5.74, 6) is -3.42. The van der Waals surface area contributed by atoms with Crippen LogP contribution in [0.4, 0.5) is 11.4 Å². The van der Waals surface area contributed by atoms with Crippen LogP contribution < -0.4 is 4.74 Å². The van der Waals surface area contributed by atoms with E-state index in [0.717, 1.165) is 30.3 Å². The number of rotatable bonds is 8. The van der Waals surface area contributed by atoms with Crippen molar-refractivity contribution in [2.75, 3.05) is 7.11 Å². The van der Waals surface area contributed by atoms with Gasteiger partial charge in [0.25, 0.3) is 29.1 Å². The molecule has 0 spiro atoms. The number of benzene rings is 3. The van der Waals surface area contributed by atoms with E-state index in [1.54, 1.807) is 0 Å². The van der Waals surface area contributed by atoms with Gasteiger partial charge in [-0.3, -0.25) is 39.4 Å². The Morgan fingerprint density at radius 2 is 1.47 bits per heavy atom. The van der Waals surface area contributed by atoms with Crippen molar-refractivity contribution in [1.82, 2.24) is 10.0 Å². The van der Waals surface area contributed by atoms with Gasteiger partial charge in [0.15, 0.2) is 5.78 Å². The van der Waals surface area contributed by atoms with E-state index in [2.05, 4.69) is 0 Å². The molecule has 0 bridgehead atoms. The van der Waals surface area contributed by atoms with Gasteiger partial charge in [-0.05, 0) is 49.4 Å². The lowest BCUT2D eigenvalue weighted by Gasteiger charge is -2.34. The average Bonchev–Trinajstić information content (AvgIpc) is 3.18. The number of hydrogen-bond acceptors (Lipinski definition) is 9. The minimum absolute atomic E-state index is 0.127. The number of nitrogens with zero attached hydrogens (tertiary/aromatic N) is 4. The fourth-order valence-corrected chi connectivity index (χ4v) is 4.01. The van der Waals surface area contributed by atoms with E-state index in [9.17, 15) is 39.4 Å². The number of amides is 3. The van der Waals surface area contributed by atoms with Crippen LogP contribution in [-0.2, 0) is 0 Å². The molecule has 0 fully saturated rings. The van der Waals surface area contributed by atoms with Gasteiger partial charge >= 0.3 is 0 Å². The molecule has 3 aromatic carbocycles. The number of fused-ring (bicyclic) bond motifs is 1. The number of nitro groups is 2. The van der Waals surface area contributed by atoms with Crippen LogP contribution >= 0.6 is 0 Å². The number of methoxy groups -OCH3 is 1. The van der Waals surface area contributed by atoms with Crippen molar-refractivity contribution >= 4 is 34.9 Å². The smallest absolute Gasteiger partial charge is 0.287 e. The fraction of sp³-hybridized carbons (Fsp3) is 0.120. The van der Waals surface area contributed by atoms with E-state index >= 15 is 0 Å². The first-order valence-corrected chi connectivity index (χ1v) is 11.0. The van der Waals surface area contributed by atoms with Crippen molar-refractivity contribution in [3.05, 3.63) is 109 Å². The summed E-state index contributed by atoms with van der Waals surface area (Å²) in [4.78, 5) is 74.8. The van der Waals surface area contributed by atoms with Crippen LogP contribution in [0.5, 0.6) is 5.75 Å². The Morgan fingerprint density at radius 3 is 2.03 bits per heavy atom. The van der Waals surface area contributed by atoms with E-state index in [4.69, 9.17) is 4.74 Å². The van der Waals surface area contributed by atoms with Gasteiger partial charge in [0, 0.05) is 29.3 Å². The quantitative estimate of drug-likeness (QED) is 0.187. The van der Waals surface area contributed by atoms with Crippen LogP contribution in [0, 0.1) is 20.2 Å². The molecule has 38 heavy (non-hydrogen) atoms. The number of Topliss-reactive ketones (excluding diaryl/α,β-unsaturated/α-hetero) is 1. The standard InChI is InChI=1S/C25H18N4O9/c1-14(22(30)15-8-12-18(38-2)13-9-15)26(23(31)16-6-10-17(11-7-16)28(34)35)27-24(32)19-4-3-5-20(29(36)37)21(19)25(27)33/h3-14H,1-2H3/t14-/m0/s1. The summed E-state index contributed by atoms with van der Waals surface area (Å²) in [7, 11) is 1.44. The predicted molar refractivity (Wildman–Crippen MR) is 130 cm³/mol. The minimum atomic E-state index is -1.45. The number of ketones is 1. The molecule has 0 radical (unpaired) electrons. The second-order valence-corrected chi connectivity index (χ2v) is 8.10. The maximum absolute atomic E-state index is 13.7. The largest absolute Gasteiger partial charge is 0.497 e. The lowest BCUT2D eigenvalue weighted by molar-refractivity contribution is -0.385. The number of non-ortho nitro benzene ring substituents is 1. The molecule has 1 aliphatic heterocycles. The number of nitro benzene ring substituents is 2. The van der Waals surface area contributed by atoms with Crippen molar-refractivity contribution in [3.8, 4) is 5.75 Å². The molecule has 0 aromatic heterocycles. The molecule has 0 N–H and O–H groups in total. The summed E-state index contributed by atoms with van der Waals surface area (Å²) in [5.41, 5.74) is -1.83. The summed E-state index contributed by atoms with van der Waals surface area (Å²) >= 11 is 0. The van der Waals surface area contributed by atoms with Crippen molar-refractivity contribution < 1.29 is 33.8 Å². The monoisotopic (exact) mass is 518 g/mol. The maximum Gasteiger partial charge on any atom is 0.287 e. The first-order valence-electron chi connectivity index (χ1n) is 11.0. The minimum Gasteiger partial charge on any atom is -0.497 e. The second-order valence-electron chi connectivity index (χ2n) is 8.10. The highest BCUT2D eigenvalue weighted by molar-refractivity contribution is 6.24. The van der Waals surface area contributed by atoms with Crippen molar-refractivity contribution in [3.63, 3.8) is 0 Å². The van der Waals surface area contributed by atoms with Crippen molar-refractivity contribution in [1.29, 1.82) is 0 Å². The van der Waals surface area contributed by atoms with Gasteiger partial charge < -0.3 is 4.74 Å². The third-order valence-corrected chi connectivity index (χ3v) is 5.94. The number of ether oxygens (including phenoxy) is 1. The zero-order valence-corrected chi connectivity index (χ0v) is 19.9. The molecule has 0 saturated carbocycles. The summed E-state index contributed by atoms with van der Waals surface area (Å²) in [5, 5.41) is 23.6. The Morgan fingerprint density at radius 1 is 0.868 bits per heavy atom. The number of carbonyl (C=O) groups is 4. The predicted octanol–water partition coefficient (Wildman–Crippen LogP) is 3.44. The van der Waals surface area contributed by atoms with Crippen LogP contribution in [0.1, 0.15) is 48.4 Å². The van der Waals surface area contributed by atoms with E-state index in [0.29, 0.717) is 15.8 Å². The van der Waals surface area contributed by atoms with Crippen molar-refractivity contribution in [2.45, 2.75) is 13.0 Å². The summed E-state index contributed by atoms with van der Waals surface area (Å²) in [6, 6.07) is 12.2. The molecule has 0 unspecified atom stereocenters. The summed E-state index contributed by atoms with van der Waals surface area (Å²) in [6.45, 7) is 1.29. The summed E-state index contributed by atoms with van der Waals surface area (Å²) in [6.07, 6.45) is 0. The number of hydrazine groups is 1. The Balaban J connectivity index is 1.81. The van der Waals surface area contributed by atoms with Crippen LogP contribution in [-0.4, -0.2) is 56.5 Å². The third kappa shape index (κ3) is 4.32. The van der Waals surface area contributed by atoms with Gasteiger partial charge in [0.05, 0.1) is 22.5 Å². The molecule has 1 aliphatic rings. The molecule has 13 nitrogen and oxygen atoms in total. The third-order valence-electron chi connectivity index (χ3n) is 5.94. The Labute approximate surface area is 214 Å². The molecule has 13 heteroatoms. The topological polar surface area (TPSA) is 170 Å². The fourth-order valence-electron chi connectivity index (χ4n) is 4.01. The van der Waals surface area contributed by atoms with Gasteiger partial charge in [-0.2, -0.15) is 5.01 Å². The average molecular weight is 518 g/mol. The van der Waals surface area contributed by atoms with Crippen LogP contribution in [0.15, 0.2) is 66.7 Å². The molecule has 0 aliphatic carbocycles. The SMILES string of the molecule is COc1ccc(C(=O)[C@H](C)N(C(=O)c2ccc([N+](=O)[O-])cc2)N2C(=O)c3cccc([N+](=O)[O-])c3C2=O)cc1. The lowest BCUT2D eigenvalue weighted by Crippen LogP contribution is -2.56. The highest BCUT2D eigenvalue weighted by Gasteiger charge is 2.48. The molecular formula is C25H18N4O9. The maximum atomic E-state index is 13.7. The Kier molecular flexibility index (Phi) is 6.67. The molecule has 3 aromatic rings. The molecule has 0 saturated heterocycles. The van der Waals surface area contributed by atoms with Crippen LogP contribution in [0.2, 0.25) is 0 Å². The normalized spacial score (nSPS) is 13.1. The van der Waals surface area contributed by atoms with E-state index < -0.39 is 50.6 Å². The number of imide groups is 1. The molecule has 4 rings (SSSR count). The van der Waals surface area contributed by atoms with Crippen LogP contribution in [0.3, 0.4) is 0 Å². The molecular weight excluding hydrogens is 500 g/mol. The first kappa shape index (κ1) is 25.6. The highest BCUT2D eigenvalue weighted by atomic mass is 16.6. The zero-order chi connectivity index (χ0) is 27.7. The molecule has 1 atom stereocenters. The van der Waals surface area contributed by atoms with E-state index in [-0.39, 0.29) is 22.4 Å². The van der Waals surface area contributed by atoms with Gasteiger partial charge in [-0.1, -0.05) is 6.07 Å². The Bertz CT molecular complexity index is 1500. The number of carbonyl (C=O) groups excluding carboxylic acids is 4. The first-order chi connectivity index (χ1) is 18.1. The van der Waals surface area contributed by atoms with Crippen molar-refractivity contribution in [2.24, 2.45) is 0 Å². The van der Waals surface area contributed by atoms with E-state index in [1.807, 2.05) is 0 Å². The highest BCUT2D eigenvalue weighted by Crippen LogP contribution is 2.33. The van der Waals surface area contributed by atoms with Crippen LogP contribution in [0.25, 0.3) is 0 Å². The molecule has 192 valence electrons. The van der Waals surface area contributed by atoms with Gasteiger partial charge in [-0.25, -0.2) is 5.01 Å². The van der Waals surface area contributed by atoms with E-state index in [1.165, 1.54) is 50.4 Å². The molecule has 1 heterocycles. The number of hydrogen-bond donors (Lipinski definition) is 0. The summed E-state index contributed by atoms with van der Waals surface area (Å²) < 4.78 is 5.08. The van der Waals surface area contributed by atoms with Gasteiger partial charge in [0.1, 0.15) is 17.4 Å².